The molecule has 0 amide bonds. The topological polar surface area (TPSA) is 24.9 Å². The van der Waals surface area contributed by atoms with E-state index in [1.54, 1.807) is 0 Å². The summed E-state index contributed by atoms with van der Waals surface area (Å²) in [5.41, 5.74) is 6.52. The number of nitrogens with zero attached hydrogens (tertiary/aromatic N) is 1. The molecule has 1 atom stereocenters. The van der Waals surface area contributed by atoms with Gasteiger partial charge in [-0.05, 0) is 55.6 Å². The molecule has 0 radical (unpaired) electrons. The first kappa shape index (κ1) is 14.7. The molecule has 1 N–H and O–H groups in total. The van der Waals surface area contributed by atoms with Gasteiger partial charge >= 0.3 is 0 Å². The number of hydrogen-bond donors (Lipinski definition) is 1. The second-order valence-corrected chi connectivity index (χ2v) is 5.35. The Morgan fingerprint density at radius 3 is 2.55 bits per heavy atom. The second kappa shape index (κ2) is 6.67. The Morgan fingerprint density at radius 1 is 1.15 bits per heavy atom. The third-order valence-corrected chi connectivity index (χ3v) is 4.08. The molecule has 1 unspecified atom stereocenters. The van der Waals surface area contributed by atoms with Gasteiger partial charge in [-0.3, -0.25) is 4.98 Å². The van der Waals surface area contributed by atoms with Gasteiger partial charge in [-0.25, -0.2) is 0 Å². The van der Waals surface area contributed by atoms with Crippen molar-refractivity contribution in [2.45, 2.75) is 39.7 Å². The Balaban J connectivity index is 2.21. The molecule has 106 valence electrons. The molecular formula is C18H24N2. The summed E-state index contributed by atoms with van der Waals surface area (Å²) in [6, 6.07) is 11.2. The van der Waals surface area contributed by atoms with Crippen molar-refractivity contribution in [2.24, 2.45) is 0 Å². The Kier molecular flexibility index (Phi) is 4.91. The molecule has 0 saturated carbocycles. The van der Waals surface area contributed by atoms with Crippen LogP contribution in [-0.4, -0.2) is 12.0 Å². The number of pyridine rings is 1. The van der Waals surface area contributed by atoms with Crippen LogP contribution in [0, 0.1) is 13.8 Å². The Bertz CT molecular complexity index is 558. The average molecular weight is 268 g/mol. The fraction of sp³-hybridized carbons (Fsp3) is 0.389. The van der Waals surface area contributed by atoms with Gasteiger partial charge in [0.05, 0.1) is 0 Å². The predicted octanol–water partition coefficient (Wildman–Crippen LogP) is 3.76. The van der Waals surface area contributed by atoms with Gasteiger partial charge in [-0.15, -0.1) is 0 Å². The zero-order valence-electron chi connectivity index (χ0n) is 12.9. The maximum atomic E-state index is 4.57. The standard InChI is InChI=1S/C18H24N2/c1-5-15-9-10-16(20-12-15)11-18(19-4)17-8-6-7-13(2)14(17)3/h6-10,12,18-19H,5,11H2,1-4H3. The first-order valence-electron chi connectivity index (χ1n) is 7.32. The molecule has 1 aromatic carbocycles. The molecular weight excluding hydrogens is 244 g/mol. The van der Waals surface area contributed by atoms with Crippen LogP contribution in [-0.2, 0) is 12.8 Å². The van der Waals surface area contributed by atoms with Crippen molar-refractivity contribution in [3.05, 3.63) is 64.5 Å². The Labute approximate surface area is 122 Å². The van der Waals surface area contributed by atoms with Crippen molar-refractivity contribution < 1.29 is 0 Å². The van der Waals surface area contributed by atoms with Gasteiger partial charge in [0, 0.05) is 24.4 Å². The van der Waals surface area contributed by atoms with E-state index in [1.165, 1.54) is 22.3 Å². The van der Waals surface area contributed by atoms with Crippen LogP contribution in [0.25, 0.3) is 0 Å². The minimum absolute atomic E-state index is 0.315. The van der Waals surface area contributed by atoms with Crippen molar-refractivity contribution in [1.82, 2.24) is 10.3 Å². The molecule has 2 nitrogen and oxygen atoms in total. The lowest BCUT2D eigenvalue weighted by molar-refractivity contribution is 0.580. The van der Waals surface area contributed by atoms with Crippen molar-refractivity contribution in [3.63, 3.8) is 0 Å². The molecule has 0 fully saturated rings. The lowest BCUT2D eigenvalue weighted by Gasteiger charge is -2.20. The summed E-state index contributed by atoms with van der Waals surface area (Å²) in [4.78, 5) is 4.57. The molecule has 0 aliphatic rings. The largest absolute Gasteiger partial charge is 0.313 e. The highest BCUT2D eigenvalue weighted by Gasteiger charge is 2.14. The van der Waals surface area contributed by atoms with E-state index in [0.29, 0.717) is 6.04 Å². The number of benzene rings is 1. The maximum absolute atomic E-state index is 4.57. The zero-order valence-corrected chi connectivity index (χ0v) is 12.9. The van der Waals surface area contributed by atoms with E-state index in [1.807, 2.05) is 13.2 Å². The van der Waals surface area contributed by atoms with Gasteiger partial charge in [0.25, 0.3) is 0 Å². The molecule has 0 spiro atoms. The summed E-state index contributed by atoms with van der Waals surface area (Å²) in [7, 11) is 2.02. The average Bonchev–Trinajstić information content (AvgIpc) is 2.48. The van der Waals surface area contributed by atoms with Gasteiger partial charge in [0.1, 0.15) is 0 Å². The second-order valence-electron chi connectivity index (χ2n) is 5.35. The molecule has 0 aliphatic heterocycles. The lowest BCUT2D eigenvalue weighted by Crippen LogP contribution is -2.20. The number of likely N-dealkylation sites (N-methyl/N-ethyl adjacent to an activating group) is 1. The number of nitrogens with one attached hydrogen (secondary N) is 1. The van der Waals surface area contributed by atoms with Crippen LogP contribution in [0.4, 0.5) is 0 Å². The molecule has 0 saturated heterocycles. The minimum Gasteiger partial charge on any atom is -0.313 e. The van der Waals surface area contributed by atoms with E-state index >= 15 is 0 Å². The summed E-state index contributed by atoms with van der Waals surface area (Å²) >= 11 is 0. The molecule has 2 aromatic rings. The van der Waals surface area contributed by atoms with Crippen LogP contribution in [0.2, 0.25) is 0 Å². The van der Waals surface area contributed by atoms with Gasteiger partial charge < -0.3 is 5.32 Å². The highest BCUT2D eigenvalue weighted by Crippen LogP contribution is 2.23. The van der Waals surface area contributed by atoms with E-state index in [4.69, 9.17) is 0 Å². The monoisotopic (exact) mass is 268 g/mol. The fourth-order valence-corrected chi connectivity index (χ4v) is 2.51. The normalized spacial score (nSPS) is 12.4. The molecule has 2 rings (SSSR count). The zero-order chi connectivity index (χ0) is 14.5. The molecule has 0 bridgehead atoms. The highest BCUT2D eigenvalue weighted by molar-refractivity contribution is 5.36. The number of aromatic nitrogens is 1. The molecule has 1 heterocycles. The quantitative estimate of drug-likeness (QED) is 0.893. The summed E-state index contributed by atoms with van der Waals surface area (Å²) in [5.74, 6) is 0. The third-order valence-electron chi connectivity index (χ3n) is 4.08. The lowest BCUT2D eigenvalue weighted by atomic mass is 9.94. The van der Waals surface area contributed by atoms with Gasteiger partial charge in [-0.1, -0.05) is 31.2 Å². The van der Waals surface area contributed by atoms with Crippen molar-refractivity contribution >= 4 is 0 Å². The van der Waals surface area contributed by atoms with Crippen LogP contribution < -0.4 is 5.32 Å². The van der Waals surface area contributed by atoms with Crippen LogP contribution in [0.1, 0.15) is 40.9 Å². The van der Waals surface area contributed by atoms with E-state index in [9.17, 15) is 0 Å². The van der Waals surface area contributed by atoms with Crippen molar-refractivity contribution in [1.29, 1.82) is 0 Å². The van der Waals surface area contributed by atoms with Crippen LogP contribution in [0.5, 0.6) is 0 Å². The smallest absolute Gasteiger partial charge is 0.0422 e. The van der Waals surface area contributed by atoms with Crippen molar-refractivity contribution in [3.8, 4) is 0 Å². The summed E-state index contributed by atoms with van der Waals surface area (Å²) in [5, 5.41) is 3.42. The third kappa shape index (κ3) is 3.26. The van der Waals surface area contributed by atoms with E-state index in [-0.39, 0.29) is 0 Å². The summed E-state index contributed by atoms with van der Waals surface area (Å²) in [6.07, 6.45) is 3.95. The van der Waals surface area contributed by atoms with Crippen LogP contribution >= 0.6 is 0 Å². The van der Waals surface area contributed by atoms with Crippen LogP contribution in [0.3, 0.4) is 0 Å². The molecule has 20 heavy (non-hydrogen) atoms. The molecule has 0 aliphatic carbocycles. The Hall–Kier alpha value is -1.67. The molecule has 2 heteroatoms. The van der Waals surface area contributed by atoms with Gasteiger partial charge in [-0.2, -0.15) is 0 Å². The Morgan fingerprint density at radius 2 is 1.95 bits per heavy atom. The van der Waals surface area contributed by atoms with E-state index in [2.05, 4.69) is 61.4 Å². The first-order valence-corrected chi connectivity index (χ1v) is 7.32. The van der Waals surface area contributed by atoms with Gasteiger partial charge in [0.15, 0.2) is 0 Å². The minimum atomic E-state index is 0.315. The summed E-state index contributed by atoms with van der Waals surface area (Å²) < 4.78 is 0. The fourth-order valence-electron chi connectivity index (χ4n) is 2.51. The van der Waals surface area contributed by atoms with E-state index in [0.717, 1.165) is 18.5 Å². The van der Waals surface area contributed by atoms with Gasteiger partial charge in [0.2, 0.25) is 0 Å². The SMILES string of the molecule is CCc1ccc(CC(NC)c2cccc(C)c2C)nc1. The summed E-state index contributed by atoms with van der Waals surface area (Å²) in [6.45, 7) is 6.52. The predicted molar refractivity (Wildman–Crippen MR) is 85.0 cm³/mol. The number of hydrogen-bond acceptors (Lipinski definition) is 2. The molecule has 1 aromatic heterocycles. The van der Waals surface area contributed by atoms with Crippen LogP contribution in [0.15, 0.2) is 36.5 Å². The number of aryl methyl sites for hydroxylation is 2. The van der Waals surface area contributed by atoms with Crippen molar-refractivity contribution in [2.75, 3.05) is 7.05 Å². The first-order chi connectivity index (χ1) is 9.65. The highest BCUT2D eigenvalue weighted by atomic mass is 14.9. The number of rotatable bonds is 5. The maximum Gasteiger partial charge on any atom is 0.0422 e. The van der Waals surface area contributed by atoms with E-state index < -0.39 is 0 Å².